The molecule has 1 atom stereocenters. The van der Waals surface area contributed by atoms with Crippen molar-refractivity contribution in [2.45, 2.75) is 37.3 Å². The van der Waals surface area contributed by atoms with Gasteiger partial charge < -0.3 is 15.3 Å². The number of nitrogens with zero attached hydrogens (tertiary/aromatic N) is 4. The molecule has 0 radical (unpaired) electrons. The summed E-state index contributed by atoms with van der Waals surface area (Å²) in [6.07, 6.45) is 7.75. The summed E-state index contributed by atoms with van der Waals surface area (Å²) in [5, 5.41) is 14.3. The molecule has 9 heteroatoms. The minimum Gasteiger partial charge on any atom is -0.387 e. The van der Waals surface area contributed by atoms with Gasteiger partial charge in [-0.05, 0) is 31.7 Å². The second-order valence-electron chi connectivity index (χ2n) is 7.21. The number of hydrogen-bond acceptors (Lipinski definition) is 7. The lowest BCUT2D eigenvalue weighted by atomic mass is 9.92. The summed E-state index contributed by atoms with van der Waals surface area (Å²) in [7, 11) is -3.25. The molecule has 0 aromatic carbocycles. The van der Waals surface area contributed by atoms with E-state index >= 15 is 0 Å². The predicted octanol–water partition coefficient (Wildman–Crippen LogP) is 0.139. The minimum atomic E-state index is -3.25. The second kappa shape index (κ2) is 7.53. The average molecular weight is 369 g/mol. The highest BCUT2D eigenvalue weighted by Gasteiger charge is 2.38. The number of β-amino-alcohol motifs (C(OH)–C–C–N with tert-alkyl or cyclic N) is 1. The first kappa shape index (κ1) is 18.5. The van der Waals surface area contributed by atoms with Crippen LogP contribution in [0, 0.1) is 0 Å². The van der Waals surface area contributed by atoms with Crippen molar-refractivity contribution in [3.8, 4) is 0 Å². The molecule has 25 heavy (non-hydrogen) atoms. The van der Waals surface area contributed by atoms with E-state index in [1.165, 1.54) is 16.9 Å². The Labute approximate surface area is 149 Å². The molecular weight excluding hydrogens is 342 g/mol. The third-order valence-electron chi connectivity index (χ3n) is 5.03. The summed E-state index contributed by atoms with van der Waals surface area (Å²) >= 11 is 0. The van der Waals surface area contributed by atoms with E-state index in [1.54, 1.807) is 6.20 Å². The largest absolute Gasteiger partial charge is 0.387 e. The summed E-state index contributed by atoms with van der Waals surface area (Å²) in [5.74, 6) is 0.836. The lowest BCUT2D eigenvalue weighted by molar-refractivity contribution is -0.0383. The molecule has 2 aliphatic rings. The summed E-state index contributed by atoms with van der Waals surface area (Å²) in [6.45, 7) is 2.99. The van der Waals surface area contributed by atoms with Gasteiger partial charge in [0.05, 0.1) is 11.9 Å². The van der Waals surface area contributed by atoms with Gasteiger partial charge in [0, 0.05) is 45.0 Å². The zero-order chi connectivity index (χ0) is 17.9. The number of hydrogen-bond donors (Lipinski definition) is 2. The first-order valence-electron chi connectivity index (χ1n) is 8.76. The van der Waals surface area contributed by atoms with E-state index in [2.05, 4.69) is 20.2 Å². The third-order valence-corrected chi connectivity index (χ3v) is 6.28. The molecule has 3 heterocycles. The van der Waals surface area contributed by atoms with Crippen LogP contribution in [0.15, 0.2) is 18.6 Å². The molecule has 3 rings (SSSR count). The van der Waals surface area contributed by atoms with Crippen LogP contribution >= 0.6 is 0 Å². The normalized spacial score (nSPS) is 27.3. The highest BCUT2D eigenvalue weighted by molar-refractivity contribution is 7.88. The van der Waals surface area contributed by atoms with Gasteiger partial charge in [0.1, 0.15) is 12.1 Å². The number of piperidine rings is 2. The summed E-state index contributed by atoms with van der Waals surface area (Å²) in [6, 6.07) is 2.22. The molecule has 0 spiro atoms. The van der Waals surface area contributed by atoms with Crippen molar-refractivity contribution >= 4 is 15.8 Å². The maximum atomic E-state index is 11.8. The van der Waals surface area contributed by atoms with Gasteiger partial charge in [0.2, 0.25) is 10.0 Å². The molecule has 0 amide bonds. The molecular formula is C16H27N5O3S. The zero-order valence-electron chi connectivity index (χ0n) is 14.6. The van der Waals surface area contributed by atoms with Crippen LogP contribution in [0.3, 0.4) is 0 Å². The Morgan fingerprint density at radius 3 is 2.76 bits per heavy atom. The maximum absolute atomic E-state index is 11.8. The smallest absolute Gasteiger partial charge is 0.211 e. The summed E-state index contributed by atoms with van der Waals surface area (Å²) in [5.41, 5.74) is -0.950. The Morgan fingerprint density at radius 2 is 2.12 bits per heavy atom. The van der Waals surface area contributed by atoms with Crippen LogP contribution in [0.5, 0.6) is 0 Å². The molecule has 140 valence electrons. The van der Waals surface area contributed by atoms with Gasteiger partial charge in [0.25, 0.3) is 0 Å². The van der Waals surface area contributed by atoms with Crippen molar-refractivity contribution in [3.05, 3.63) is 18.6 Å². The lowest BCUT2D eigenvalue weighted by Gasteiger charge is -2.42. The van der Waals surface area contributed by atoms with Gasteiger partial charge >= 0.3 is 0 Å². The molecule has 2 N–H and O–H groups in total. The van der Waals surface area contributed by atoms with Crippen LogP contribution in [0.4, 0.5) is 5.82 Å². The Balaban J connectivity index is 1.50. The molecule has 0 aliphatic carbocycles. The van der Waals surface area contributed by atoms with E-state index in [0.29, 0.717) is 32.0 Å². The Kier molecular flexibility index (Phi) is 5.57. The standard InChI is InChI=1S/C16H27N5O3S/c1-25(23,24)21-8-2-6-16(22,12-21)11-20-9-4-14(5-10-20)19-15-3-7-17-13-18-15/h3,7,13-14,22H,2,4-6,8-12H2,1H3,(H,17,18,19). The Bertz CT molecular complexity index is 664. The quantitative estimate of drug-likeness (QED) is 0.762. The highest BCUT2D eigenvalue weighted by Crippen LogP contribution is 2.25. The molecule has 0 saturated carbocycles. The van der Waals surface area contributed by atoms with Crippen LogP contribution in [0.1, 0.15) is 25.7 Å². The molecule has 1 aromatic rings. The number of aliphatic hydroxyl groups is 1. The van der Waals surface area contributed by atoms with Gasteiger partial charge in [-0.2, -0.15) is 4.31 Å². The third kappa shape index (κ3) is 5.10. The van der Waals surface area contributed by atoms with E-state index in [-0.39, 0.29) is 6.54 Å². The van der Waals surface area contributed by atoms with Gasteiger partial charge in [-0.25, -0.2) is 18.4 Å². The van der Waals surface area contributed by atoms with Crippen LogP contribution in [-0.2, 0) is 10.0 Å². The molecule has 2 fully saturated rings. The van der Waals surface area contributed by atoms with Crippen LogP contribution < -0.4 is 5.32 Å². The topological polar surface area (TPSA) is 98.7 Å². The number of nitrogens with one attached hydrogen (secondary N) is 1. The van der Waals surface area contributed by atoms with Crippen molar-refractivity contribution in [2.75, 3.05) is 44.3 Å². The first-order chi connectivity index (χ1) is 11.8. The fraction of sp³-hybridized carbons (Fsp3) is 0.750. The average Bonchev–Trinajstić information content (AvgIpc) is 2.57. The number of anilines is 1. The van der Waals surface area contributed by atoms with E-state index in [1.807, 2.05) is 6.07 Å². The van der Waals surface area contributed by atoms with Crippen LogP contribution in [-0.4, -0.2) is 83.3 Å². The van der Waals surface area contributed by atoms with Crippen molar-refractivity contribution in [2.24, 2.45) is 0 Å². The molecule has 2 aliphatic heterocycles. The van der Waals surface area contributed by atoms with E-state index < -0.39 is 15.6 Å². The fourth-order valence-electron chi connectivity index (χ4n) is 3.72. The second-order valence-corrected chi connectivity index (χ2v) is 9.20. The summed E-state index contributed by atoms with van der Waals surface area (Å²) < 4.78 is 24.9. The monoisotopic (exact) mass is 369 g/mol. The lowest BCUT2D eigenvalue weighted by Crippen LogP contribution is -2.56. The molecule has 1 unspecified atom stereocenters. The van der Waals surface area contributed by atoms with Gasteiger partial charge in [0.15, 0.2) is 0 Å². The summed E-state index contributed by atoms with van der Waals surface area (Å²) in [4.78, 5) is 10.3. The van der Waals surface area contributed by atoms with Crippen molar-refractivity contribution in [1.82, 2.24) is 19.2 Å². The van der Waals surface area contributed by atoms with E-state index in [4.69, 9.17) is 0 Å². The Morgan fingerprint density at radius 1 is 1.36 bits per heavy atom. The van der Waals surface area contributed by atoms with Crippen molar-refractivity contribution in [3.63, 3.8) is 0 Å². The molecule has 0 bridgehead atoms. The highest BCUT2D eigenvalue weighted by atomic mass is 32.2. The number of likely N-dealkylation sites (tertiary alicyclic amines) is 1. The van der Waals surface area contributed by atoms with E-state index in [9.17, 15) is 13.5 Å². The molecule has 1 aromatic heterocycles. The van der Waals surface area contributed by atoms with Crippen molar-refractivity contribution < 1.29 is 13.5 Å². The maximum Gasteiger partial charge on any atom is 0.211 e. The zero-order valence-corrected chi connectivity index (χ0v) is 15.5. The predicted molar refractivity (Wildman–Crippen MR) is 95.7 cm³/mol. The number of rotatable bonds is 5. The minimum absolute atomic E-state index is 0.199. The van der Waals surface area contributed by atoms with E-state index in [0.717, 1.165) is 31.7 Å². The van der Waals surface area contributed by atoms with Gasteiger partial charge in [-0.3, -0.25) is 0 Å². The molecule has 8 nitrogen and oxygen atoms in total. The van der Waals surface area contributed by atoms with Crippen LogP contribution in [0.25, 0.3) is 0 Å². The number of sulfonamides is 1. The van der Waals surface area contributed by atoms with Crippen molar-refractivity contribution in [1.29, 1.82) is 0 Å². The van der Waals surface area contributed by atoms with Crippen LogP contribution in [0.2, 0.25) is 0 Å². The van der Waals surface area contributed by atoms with Gasteiger partial charge in [-0.15, -0.1) is 0 Å². The SMILES string of the molecule is CS(=O)(=O)N1CCCC(O)(CN2CCC(Nc3ccncn3)CC2)C1. The van der Waals surface area contributed by atoms with Gasteiger partial charge in [-0.1, -0.05) is 0 Å². The number of aromatic nitrogens is 2. The Hall–Kier alpha value is -1.29. The molecule has 2 saturated heterocycles. The fourth-order valence-corrected chi connectivity index (χ4v) is 4.66. The first-order valence-corrected chi connectivity index (χ1v) is 10.6.